The summed E-state index contributed by atoms with van der Waals surface area (Å²) >= 11 is 0.996. The Kier molecular flexibility index (Phi) is 5.24. The van der Waals surface area contributed by atoms with Gasteiger partial charge in [0.2, 0.25) is 0 Å². The highest BCUT2D eigenvalue weighted by Crippen LogP contribution is 2.24. The van der Waals surface area contributed by atoms with Gasteiger partial charge in [-0.3, -0.25) is 0 Å². The molecule has 0 aromatic heterocycles. The third kappa shape index (κ3) is 4.39. The number of nitrogens with one attached hydrogen (secondary N) is 1. The Morgan fingerprint density at radius 1 is 1.41 bits per heavy atom. The van der Waals surface area contributed by atoms with E-state index in [1.165, 1.54) is 12.1 Å². The van der Waals surface area contributed by atoms with E-state index in [2.05, 4.69) is 27.3 Å². The highest BCUT2D eigenvalue weighted by molar-refractivity contribution is 14.1. The van der Waals surface area contributed by atoms with Crippen molar-refractivity contribution < 1.29 is 8.94 Å². The zero-order valence-corrected chi connectivity index (χ0v) is 13.4. The third-order valence-corrected chi connectivity index (χ3v) is 4.93. The van der Waals surface area contributed by atoms with Crippen molar-refractivity contribution in [2.24, 2.45) is 0 Å². The fourth-order valence-corrected chi connectivity index (χ4v) is 2.85. The molecule has 2 atom stereocenters. The topological polar surface area (TPSA) is 35.1 Å². The molecule has 1 aromatic rings. The van der Waals surface area contributed by atoms with Crippen LogP contribution >= 0.6 is 22.6 Å². The van der Waals surface area contributed by atoms with Crippen molar-refractivity contribution in [2.45, 2.75) is 38.5 Å². The van der Waals surface area contributed by atoms with Gasteiger partial charge in [0.15, 0.2) is 0 Å². The molecule has 1 unspecified atom stereocenters. The largest absolute Gasteiger partial charge is 0.598 e. The van der Waals surface area contributed by atoms with Crippen molar-refractivity contribution in [2.75, 3.05) is 0 Å². The molecule has 5 heteroatoms. The summed E-state index contributed by atoms with van der Waals surface area (Å²) in [5.41, 5.74) is 0.836. The van der Waals surface area contributed by atoms with Crippen LogP contribution in [0.1, 0.15) is 39.3 Å². The van der Waals surface area contributed by atoms with Gasteiger partial charge in [0.05, 0.1) is 6.04 Å². The molecule has 0 aliphatic heterocycles. The zero-order valence-electron chi connectivity index (χ0n) is 10.4. The van der Waals surface area contributed by atoms with Crippen LogP contribution in [0.3, 0.4) is 0 Å². The summed E-state index contributed by atoms with van der Waals surface area (Å²) in [6.07, 6.45) is 0. The van der Waals surface area contributed by atoms with Gasteiger partial charge in [0.1, 0.15) is 10.6 Å². The summed E-state index contributed by atoms with van der Waals surface area (Å²) in [7, 11) is 0. The van der Waals surface area contributed by atoms with Crippen molar-refractivity contribution >= 4 is 34.0 Å². The van der Waals surface area contributed by atoms with E-state index in [4.69, 9.17) is 0 Å². The number of hydrogen-bond acceptors (Lipinski definition) is 2. The first-order chi connectivity index (χ1) is 7.71. The van der Waals surface area contributed by atoms with Crippen LogP contribution in [0.4, 0.5) is 4.39 Å². The molecule has 0 saturated heterocycles. The van der Waals surface area contributed by atoms with Crippen LogP contribution in [-0.4, -0.2) is 9.30 Å². The number of halogens is 2. The Bertz CT molecular complexity index is 395. The van der Waals surface area contributed by atoms with Crippen molar-refractivity contribution in [1.82, 2.24) is 4.72 Å². The minimum Gasteiger partial charge on any atom is -0.598 e. The lowest BCUT2D eigenvalue weighted by molar-refractivity contribution is 0.530. The molecular formula is C12H17FINOS. The number of rotatable bonds is 3. The maximum Gasteiger partial charge on any atom is 0.136 e. The van der Waals surface area contributed by atoms with Crippen LogP contribution in [0.25, 0.3) is 0 Å². The maximum atomic E-state index is 13.2. The van der Waals surface area contributed by atoms with E-state index in [0.717, 1.165) is 9.13 Å². The average Bonchev–Trinajstić information content (AvgIpc) is 2.20. The van der Waals surface area contributed by atoms with Crippen molar-refractivity contribution in [1.29, 1.82) is 0 Å². The predicted octanol–water partition coefficient (Wildman–Crippen LogP) is 3.54. The van der Waals surface area contributed by atoms with E-state index < -0.39 is 11.4 Å². The predicted molar refractivity (Wildman–Crippen MR) is 78.6 cm³/mol. The summed E-state index contributed by atoms with van der Waals surface area (Å²) < 4.78 is 28.8. The molecule has 2 nitrogen and oxygen atoms in total. The van der Waals surface area contributed by atoms with Crippen LogP contribution in [-0.2, 0) is 11.4 Å². The van der Waals surface area contributed by atoms with Gasteiger partial charge in [0.25, 0.3) is 0 Å². The lowest BCUT2D eigenvalue weighted by Gasteiger charge is -2.26. The molecule has 96 valence electrons. The Morgan fingerprint density at radius 3 is 2.53 bits per heavy atom. The molecule has 0 spiro atoms. The van der Waals surface area contributed by atoms with E-state index in [1.54, 1.807) is 6.07 Å². The van der Waals surface area contributed by atoms with Gasteiger partial charge in [-0.05, 0) is 74.0 Å². The molecule has 1 rings (SSSR count). The molecule has 0 heterocycles. The highest BCUT2D eigenvalue weighted by Gasteiger charge is 2.28. The molecule has 0 radical (unpaired) electrons. The smallest absolute Gasteiger partial charge is 0.136 e. The van der Waals surface area contributed by atoms with Gasteiger partial charge in [0, 0.05) is 14.9 Å². The van der Waals surface area contributed by atoms with Crippen molar-refractivity contribution in [3.05, 3.63) is 33.1 Å². The molecule has 0 amide bonds. The molecule has 17 heavy (non-hydrogen) atoms. The lowest BCUT2D eigenvalue weighted by Crippen LogP contribution is -2.40. The van der Waals surface area contributed by atoms with Crippen LogP contribution in [0.5, 0.6) is 0 Å². The fourth-order valence-electron chi connectivity index (χ4n) is 1.25. The number of benzene rings is 1. The second-order valence-corrected chi connectivity index (χ2v) is 8.05. The summed E-state index contributed by atoms with van der Waals surface area (Å²) in [6, 6.07) is 4.50. The molecule has 0 saturated carbocycles. The molecule has 0 aliphatic rings. The minimum absolute atomic E-state index is 0.141. The molecule has 0 fully saturated rings. The molecular weight excluding hydrogens is 352 g/mol. The Morgan fingerprint density at radius 2 is 2.00 bits per heavy atom. The normalized spacial score (nSPS) is 15.7. The summed E-state index contributed by atoms with van der Waals surface area (Å²) in [5.74, 6) is -0.268. The molecule has 0 bridgehead atoms. The number of hydrogen-bond donors (Lipinski definition) is 1. The van der Waals surface area contributed by atoms with E-state index in [9.17, 15) is 8.94 Å². The van der Waals surface area contributed by atoms with Gasteiger partial charge in [-0.15, -0.1) is 4.72 Å². The second-order valence-electron chi connectivity index (χ2n) is 4.89. The van der Waals surface area contributed by atoms with Crippen molar-refractivity contribution in [3.8, 4) is 0 Å². The van der Waals surface area contributed by atoms with Gasteiger partial charge >= 0.3 is 0 Å². The first kappa shape index (κ1) is 15.2. The SMILES string of the molecule is C[C@@H](N[S+]([O-])C(C)(C)C)c1cc(F)ccc1I. The second kappa shape index (κ2) is 5.86. The monoisotopic (exact) mass is 369 g/mol. The Hall–Kier alpha value is 0.150. The van der Waals surface area contributed by atoms with Gasteiger partial charge in [-0.1, -0.05) is 0 Å². The lowest BCUT2D eigenvalue weighted by atomic mass is 10.1. The van der Waals surface area contributed by atoms with E-state index in [0.29, 0.717) is 0 Å². The molecule has 1 N–H and O–H groups in total. The summed E-state index contributed by atoms with van der Waals surface area (Å²) in [5, 5.41) is 0. The quantitative estimate of drug-likeness (QED) is 0.654. The van der Waals surface area contributed by atoms with E-state index in [1.807, 2.05) is 27.7 Å². The fraction of sp³-hybridized carbons (Fsp3) is 0.500. The molecule has 0 aliphatic carbocycles. The van der Waals surface area contributed by atoms with Gasteiger partial charge in [-0.25, -0.2) is 4.39 Å². The van der Waals surface area contributed by atoms with Gasteiger partial charge in [-0.2, -0.15) is 0 Å². The van der Waals surface area contributed by atoms with Crippen LogP contribution in [0.15, 0.2) is 18.2 Å². The van der Waals surface area contributed by atoms with Gasteiger partial charge < -0.3 is 4.55 Å². The van der Waals surface area contributed by atoms with E-state index in [-0.39, 0.29) is 16.6 Å². The summed E-state index contributed by atoms with van der Waals surface area (Å²) in [4.78, 5) is 0. The van der Waals surface area contributed by atoms with Crippen LogP contribution in [0, 0.1) is 9.39 Å². The van der Waals surface area contributed by atoms with Crippen LogP contribution in [0.2, 0.25) is 0 Å². The van der Waals surface area contributed by atoms with Crippen molar-refractivity contribution in [3.63, 3.8) is 0 Å². The first-order valence-electron chi connectivity index (χ1n) is 5.35. The Balaban J connectivity index is 2.83. The van der Waals surface area contributed by atoms with E-state index >= 15 is 0 Å². The summed E-state index contributed by atoms with van der Waals surface area (Å²) in [6.45, 7) is 7.60. The average molecular weight is 369 g/mol. The van der Waals surface area contributed by atoms with Crippen LogP contribution < -0.4 is 4.72 Å². The third-order valence-electron chi connectivity index (χ3n) is 2.26. The Labute approximate surface area is 119 Å². The molecule has 1 aromatic carbocycles. The zero-order chi connectivity index (χ0) is 13.2. The minimum atomic E-state index is -1.16. The standard InChI is InChI=1S/C12H17FINOS/c1-8(15-17(16)12(2,3)4)10-7-9(13)5-6-11(10)14/h5-8,15H,1-4H3/t8-,17?/m1/s1. The highest BCUT2D eigenvalue weighted by atomic mass is 127. The first-order valence-corrected chi connectivity index (χ1v) is 7.57. The maximum absolute atomic E-state index is 13.2.